The average Bonchev–Trinajstić information content (AvgIpc) is 2.53. The number of nitrogens with zero attached hydrogens (tertiary/aromatic N) is 2. The zero-order valence-corrected chi connectivity index (χ0v) is 11.7. The summed E-state index contributed by atoms with van der Waals surface area (Å²) in [5.41, 5.74) is 1.36. The van der Waals surface area contributed by atoms with Crippen molar-refractivity contribution in [3.8, 4) is 0 Å². The molecule has 1 amide bonds. The van der Waals surface area contributed by atoms with Gasteiger partial charge in [0.05, 0.1) is 30.3 Å². The van der Waals surface area contributed by atoms with Gasteiger partial charge >= 0.3 is 0 Å². The molecule has 0 spiro atoms. The van der Waals surface area contributed by atoms with Crippen LogP contribution in [0.1, 0.15) is 10.4 Å². The van der Waals surface area contributed by atoms with Crippen LogP contribution in [0.2, 0.25) is 0 Å². The Morgan fingerprint density at radius 1 is 1.40 bits per heavy atom. The number of benzene rings is 1. The molecule has 104 valence electrons. The van der Waals surface area contributed by atoms with Crippen molar-refractivity contribution in [3.63, 3.8) is 0 Å². The number of alkyl halides is 1. The molecule has 0 radical (unpaired) electrons. The number of amides is 1. The van der Waals surface area contributed by atoms with Gasteiger partial charge in [-0.3, -0.25) is 9.78 Å². The van der Waals surface area contributed by atoms with E-state index in [0.717, 1.165) is 10.9 Å². The number of pyridine rings is 1. The molecular weight excluding hydrogens is 276 g/mol. The predicted molar refractivity (Wildman–Crippen MR) is 78.1 cm³/mol. The minimum absolute atomic E-state index is 0.0248. The quantitative estimate of drug-likeness (QED) is 0.797. The van der Waals surface area contributed by atoms with Crippen molar-refractivity contribution in [2.45, 2.75) is 6.04 Å². The van der Waals surface area contributed by atoms with E-state index in [-0.39, 0.29) is 11.9 Å². The Kier molecular flexibility index (Phi) is 3.85. The molecule has 20 heavy (non-hydrogen) atoms. The molecule has 0 N–H and O–H groups in total. The zero-order chi connectivity index (χ0) is 13.9. The molecule has 1 atom stereocenters. The topological polar surface area (TPSA) is 42.4 Å². The van der Waals surface area contributed by atoms with Crippen LogP contribution in [0.15, 0.2) is 36.5 Å². The molecule has 1 aromatic heterocycles. The Balaban J connectivity index is 1.99. The van der Waals surface area contributed by atoms with Crippen LogP contribution >= 0.6 is 11.6 Å². The first kappa shape index (κ1) is 13.3. The zero-order valence-electron chi connectivity index (χ0n) is 11.0. The number of halogens is 1. The van der Waals surface area contributed by atoms with Gasteiger partial charge in [-0.1, -0.05) is 18.2 Å². The summed E-state index contributed by atoms with van der Waals surface area (Å²) in [4.78, 5) is 18.9. The first-order valence-electron chi connectivity index (χ1n) is 6.59. The van der Waals surface area contributed by atoms with E-state index in [1.165, 1.54) is 0 Å². The molecule has 1 fully saturated rings. The van der Waals surface area contributed by atoms with Crippen molar-refractivity contribution >= 4 is 28.4 Å². The van der Waals surface area contributed by atoms with Crippen LogP contribution in [0.25, 0.3) is 10.9 Å². The van der Waals surface area contributed by atoms with E-state index in [0.29, 0.717) is 31.2 Å². The summed E-state index contributed by atoms with van der Waals surface area (Å²) in [6.07, 6.45) is 1.71. The van der Waals surface area contributed by atoms with E-state index < -0.39 is 0 Å². The second-order valence-corrected chi connectivity index (χ2v) is 5.07. The van der Waals surface area contributed by atoms with Gasteiger partial charge in [0.1, 0.15) is 0 Å². The van der Waals surface area contributed by atoms with Crippen LogP contribution in [0.5, 0.6) is 0 Å². The van der Waals surface area contributed by atoms with Crippen molar-refractivity contribution in [2.24, 2.45) is 0 Å². The highest BCUT2D eigenvalue weighted by atomic mass is 35.5. The van der Waals surface area contributed by atoms with Crippen molar-refractivity contribution in [1.29, 1.82) is 0 Å². The van der Waals surface area contributed by atoms with Crippen LogP contribution in [-0.2, 0) is 4.74 Å². The fourth-order valence-electron chi connectivity index (χ4n) is 2.48. The van der Waals surface area contributed by atoms with Gasteiger partial charge in [0, 0.05) is 24.0 Å². The van der Waals surface area contributed by atoms with Gasteiger partial charge in [0.2, 0.25) is 0 Å². The molecule has 1 aliphatic rings. The highest BCUT2D eigenvalue weighted by Crippen LogP contribution is 2.20. The van der Waals surface area contributed by atoms with E-state index in [4.69, 9.17) is 16.3 Å². The van der Waals surface area contributed by atoms with Crippen molar-refractivity contribution in [1.82, 2.24) is 9.88 Å². The minimum Gasteiger partial charge on any atom is -0.377 e. The monoisotopic (exact) mass is 290 g/mol. The van der Waals surface area contributed by atoms with E-state index in [2.05, 4.69) is 4.98 Å². The summed E-state index contributed by atoms with van der Waals surface area (Å²) in [6.45, 7) is 1.62. The predicted octanol–water partition coefficient (Wildman–Crippen LogP) is 2.31. The third kappa shape index (κ3) is 2.37. The third-order valence-electron chi connectivity index (χ3n) is 3.53. The molecule has 1 aliphatic heterocycles. The van der Waals surface area contributed by atoms with Crippen molar-refractivity contribution in [3.05, 3.63) is 42.1 Å². The lowest BCUT2D eigenvalue weighted by Crippen LogP contribution is -2.49. The molecule has 1 saturated heterocycles. The fraction of sp³-hybridized carbons (Fsp3) is 0.333. The van der Waals surface area contributed by atoms with E-state index in [1.807, 2.05) is 30.3 Å². The van der Waals surface area contributed by atoms with Crippen molar-refractivity contribution < 1.29 is 9.53 Å². The standard InChI is InChI=1S/C15H15ClN2O2/c16-9-12-10-20-8-7-18(12)15(19)13-5-1-3-11-4-2-6-17-14(11)13/h1-6,12H,7-10H2. The summed E-state index contributed by atoms with van der Waals surface area (Å²) in [6, 6.07) is 9.41. The van der Waals surface area contributed by atoms with E-state index in [1.54, 1.807) is 11.1 Å². The molecule has 0 bridgehead atoms. The normalized spacial score (nSPS) is 19.2. The lowest BCUT2D eigenvalue weighted by atomic mass is 10.1. The molecule has 3 rings (SSSR count). The number of hydrogen-bond acceptors (Lipinski definition) is 3. The highest BCUT2D eigenvalue weighted by molar-refractivity contribution is 6.18. The number of rotatable bonds is 2. The second-order valence-electron chi connectivity index (χ2n) is 4.76. The highest BCUT2D eigenvalue weighted by Gasteiger charge is 2.28. The number of carbonyl (C=O) groups excluding carboxylic acids is 1. The number of aromatic nitrogens is 1. The van der Waals surface area contributed by atoms with E-state index >= 15 is 0 Å². The molecule has 4 nitrogen and oxygen atoms in total. The number of carbonyl (C=O) groups is 1. The summed E-state index contributed by atoms with van der Waals surface area (Å²) in [5, 5.41) is 0.967. The molecule has 2 heterocycles. The molecule has 0 saturated carbocycles. The number of ether oxygens (including phenoxy) is 1. The smallest absolute Gasteiger partial charge is 0.256 e. The van der Waals surface area contributed by atoms with Gasteiger partial charge in [-0.15, -0.1) is 11.6 Å². The summed E-state index contributed by atoms with van der Waals surface area (Å²) in [5.74, 6) is 0.354. The summed E-state index contributed by atoms with van der Waals surface area (Å²) < 4.78 is 5.38. The van der Waals surface area contributed by atoms with Crippen LogP contribution in [0, 0.1) is 0 Å². The maximum absolute atomic E-state index is 12.8. The van der Waals surface area contributed by atoms with Gasteiger partial charge in [-0.05, 0) is 12.1 Å². The Labute approximate surface area is 122 Å². The molecule has 5 heteroatoms. The van der Waals surface area contributed by atoms with Crippen LogP contribution in [-0.4, -0.2) is 47.5 Å². The van der Waals surface area contributed by atoms with Gasteiger partial charge in [0.25, 0.3) is 5.91 Å². The average molecular weight is 291 g/mol. The summed E-state index contributed by atoms with van der Waals surface area (Å²) in [7, 11) is 0. The SMILES string of the molecule is O=C(c1cccc2cccnc12)N1CCOCC1CCl. The second kappa shape index (κ2) is 5.77. The number of morpholine rings is 1. The molecule has 1 aromatic carbocycles. The third-order valence-corrected chi connectivity index (χ3v) is 3.89. The summed E-state index contributed by atoms with van der Waals surface area (Å²) >= 11 is 5.94. The van der Waals surface area contributed by atoms with E-state index in [9.17, 15) is 4.79 Å². The molecular formula is C15H15ClN2O2. The molecule has 1 unspecified atom stereocenters. The van der Waals surface area contributed by atoms with Crippen molar-refractivity contribution in [2.75, 3.05) is 25.6 Å². The first-order chi connectivity index (χ1) is 9.81. The lowest BCUT2D eigenvalue weighted by molar-refractivity contribution is 0.00466. The van der Waals surface area contributed by atoms with Crippen LogP contribution in [0.3, 0.4) is 0 Å². The maximum Gasteiger partial charge on any atom is 0.256 e. The Bertz CT molecular complexity index is 627. The number of para-hydroxylation sites is 1. The van der Waals surface area contributed by atoms with Crippen LogP contribution < -0.4 is 0 Å². The largest absolute Gasteiger partial charge is 0.377 e. The van der Waals surface area contributed by atoms with Gasteiger partial charge in [-0.25, -0.2) is 0 Å². The lowest BCUT2D eigenvalue weighted by Gasteiger charge is -2.34. The molecule has 0 aliphatic carbocycles. The van der Waals surface area contributed by atoms with Gasteiger partial charge < -0.3 is 9.64 Å². The maximum atomic E-state index is 12.8. The minimum atomic E-state index is -0.0723. The first-order valence-corrected chi connectivity index (χ1v) is 7.13. The Morgan fingerprint density at radius 2 is 2.25 bits per heavy atom. The van der Waals surface area contributed by atoms with Gasteiger partial charge in [-0.2, -0.15) is 0 Å². The van der Waals surface area contributed by atoms with Crippen LogP contribution in [0.4, 0.5) is 0 Å². The Hall–Kier alpha value is -1.65. The van der Waals surface area contributed by atoms with Gasteiger partial charge in [0.15, 0.2) is 0 Å². The fourth-order valence-corrected chi connectivity index (χ4v) is 2.74. The Morgan fingerprint density at radius 3 is 3.10 bits per heavy atom. The number of hydrogen-bond donors (Lipinski definition) is 0. The number of fused-ring (bicyclic) bond motifs is 1. The molecule has 2 aromatic rings.